The first-order valence-corrected chi connectivity index (χ1v) is 9.34. The Morgan fingerprint density at radius 1 is 1.27 bits per heavy atom. The van der Waals surface area contributed by atoms with E-state index in [0.29, 0.717) is 11.5 Å². The van der Waals surface area contributed by atoms with Gasteiger partial charge in [0.2, 0.25) is 0 Å². The van der Waals surface area contributed by atoms with Gasteiger partial charge in [0.1, 0.15) is 0 Å². The molecule has 1 heterocycles. The van der Waals surface area contributed by atoms with Crippen LogP contribution in [0.25, 0.3) is 0 Å². The molecule has 1 atom stereocenters. The number of nitrogens with one attached hydrogen (secondary N) is 2. The SMILES string of the molecule is CN=C(NCC(C)(C)N1CCCC(C)C1)Nc1ccc(OC)c(OC)c1. The summed E-state index contributed by atoms with van der Waals surface area (Å²) in [4.78, 5) is 6.93. The van der Waals surface area contributed by atoms with E-state index in [2.05, 4.69) is 41.3 Å². The zero-order valence-electron chi connectivity index (χ0n) is 17.1. The number of rotatable bonds is 6. The maximum atomic E-state index is 5.36. The van der Waals surface area contributed by atoms with Gasteiger partial charge < -0.3 is 20.1 Å². The number of piperidine rings is 1. The minimum absolute atomic E-state index is 0.0733. The van der Waals surface area contributed by atoms with Gasteiger partial charge in [-0.25, -0.2) is 0 Å². The summed E-state index contributed by atoms with van der Waals surface area (Å²) in [5, 5.41) is 6.79. The van der Waals surface area contributed by atoms with Crippen molar-refractivity contribution in [2.24, 2.45) is 10.9 Å². The molecule has 6 heteroatoms. The topological polar surface area (TPSA) is 58.1 Å². The molecule has 1 unspecified atom stereocenters. The van der Waals surface area contributed by atoms with Crippen LogP contribution in [-0.2, 0) is 0 Å². The van der Waals surface area contributed by atoms with Gasteiger partial charge in [-0.1, -0.05) is 6.92 Å². The van der Waals surface area contributed by atoms with Gasteiger partial charge in [-0.05, 0) is 51.3 Å². The van der Waals surface area contributed by atoms with Gasteiger partial charge >= 0.3 is 0 Å². The van der Waals surface area contributed by atoms with Gasteiger partial charge in [0.15, 0.2) is 17.5 Å². The maximum absolute atomic E-state index is 5.36. The third kappa shape index (κ3) is 5.27. The van der Waals surface area contributed by atoms with Gasteiger partial charge in [0, 0.05) is 37.4 Å². The molecule has 1 aliphatic heterocycles. The zero-order chi connectivity index (χ0) is 19.2. The van der Waals surface area contributed by atoms with Crippen LogP contribution in [0.5, 0.6) is 11.5 Å². The number of anilines is 1. The van der Waals surface area contributed by atoms with E-state index in [9.17, 15) is 0 Å². The number of aliphatic imine (C=N–C) groups is 1. The molecule has 1 aliphatic rings. The lowest BCUT2D eigenvalue weighted by molar-refractivity contribution is 0.0741. The molecule has 0 aliphatic carbocycles. The second kappa shape index (κ2) is 9.12. The number of likely N-dealkylation sites (tertiary alicyclic amines) is 1. The lowest BCUT2D eigenvalue weighted by Crippen LogP contribution is -2.55. The fraction of sp³-hybridized carbons (Fsp3) is 0.650. The molecule has 1 fully saturated rings. The Hall–Kier alpha value is -1.95. The van der Waals surface area contributed by atoms with Crippen LogP contribution < -0.4 is 20.1 Å². The predicted octanol–water partition coefficient (Wildman–Crippen LogP) is 3.20. The summed E-state index contributed by atoms with van der Waals surface area (Å²) in [5.41, 5.74) is 0.976. The van der Waals surface area contributed by atoms with E-state index in [0.717, 1.165) is 30.7 Å². The molecule has 2 rings (SSSR count). The normalized spacial score (nSPS) is 19.2. The Morgan fingerprint density at radius 3 is 2.62 bits per heavy atom. The van der Waals surface area contributed by atoms with Crippen LogP contribution in [0.3, 0.4) is 0 Å². The van der Waals surface area contributed by atoms with Crippen molar-refractivity contribution in [1.29, 1.82) is 0 Å². The Bertz CT molecular complexity index is 616. The fourth-order valence-corrected chi connectivity index (χ4v) is 3.38. The van der Waals surface area contributed by atoms with Crippen LogP contribution in [0.2, 0.25) is 0 Å². The summed E-state index contributed by atoms with van der Waals surface area (Å²) in [5.74, 6) is 2.92. The molecule has 0 amide bonds. The highest BCUT2D eigenvalue weighted by molar-refractivity contribution is 5.93. The molecule has 0 spiro atoms. The Morgan fingerprint density at radius 2 is 2.00 bits per heavy atom. The number of guanidine groups is 1. The summed E-state index contributed by atoms with van der Waals surface area (Å²) in [6.07, 6.45) is 2.62. The van der Waals surface area contributed by atoms with E-state index in [1.807, 2.05) is 18.2 Å². The van der Waals surface area contributed by atoms with Crippen molar-refractivity contribution < 1.29 is 9.47 Å². The molecule has 1 saturated heterocycles. The van der Waals surface area contributed by atoms with E-state index >= 15 is 0 Å². The first kappa shape index (κ1) is 20.4. The van der Waals surface area contributed by atoms with Crippen molar-refractivity contribution in [2.75, 3.05) is 46.2 Å². The highest BCUT2D eigenvalue weighted by atomic mass is 16.5. The van der Waals surface area contributed by atoms with Crippen LogP contribution in [0.15, 0.2) is 23.2 Å². The lowest BCUT2D eigenvalue weighted by Gasteiger charge is -2.43. The van der Waals surface area contributed by atoms with Crippen molar-refractivity contribution in [3.05, 3.63) is 18.2 Å². The Balaban J connectivity index is 1.97. The molecule has 6 nitrogen and oxygen atoms in total. The molecule has 0 aromatic heterocycles. The molecular weight excluding hydrogens is 328 g/mol. The number of benzene rings is 1. The second-order valence-electron chi connectivity index (χ2n) is 7.63. The molecule has 26 heavy (non-hydrogen) atoms. The largest absolute Gasteiger partial charge is 0.493 e. The molecule has 0 saturated carbocycles. The minimum Gasteiger partial charge on any atom is -0.493 e. The van der Waals surface area contributed by atoms with E-state index in [4.69, 9.17) is 9.47 Å². The van der Waals surface area contributed by atoms with Crippen molar-refractivity contribution in [3.8, 4) is 11.5 Å². The zero-order valence-corrected chi connectivity index (χ0v) is 17.1. The quantitative estimate of drug-likeness (QED) is 0.601. The van der Waals surface area contributed by atoms with Crippen LogP contribution >= 0.6 is 0 Å². The standard InChI is InChI=1S/C20H34N4O2/c1-15-8-7-11-24(13-15)20(2,3)14-22-19(21-4)23-16-9-10-17(25-5)18(12-16)26-6/h9-10,12,15H,7-8,11,13-14H2,1-6H3,(H2,21,22,23). The molecule has 1 aromatic rings. The number of hydrogen-bond acceptors (Lipinski definition) is 4. The van der Waals surface area contributed by atoms with Gasteiger partial charge in [-0.3, -0.25) is 9.89 Å². The van der Waals surface area contributed by atoms with Gasteiger partial charge in [0.25, 0.3) is 0 Å². The molecule has 0 bridgehead atoms. The number of hydrogen-bond donors (Lipinski definition) is 2. The molecular formula is C20H34N4O2. The van der Waals surface area contributed by atoms with Crippen molar-refractivity contribution in [3.63, 3.8) is 0 Å². The van der Waals surface area contributed by atoms with E-state index < -0.39 is 0 Å². The van der Waals surface area contributed by atoms with Crippen molar-refractivity contribution in [2.45, 2.75) is 39.2 Å². The van der Waals surface area contributed by atoms with Crippen LogP contribution in [0, 0.1) is 5.92 Å². The van der Waals surface area contributed by atoms with Crippen LogP contribution in [-0.4, -0.2) is 57.3 Å². The monoisotopic (exact) mass is 362 g/mol. The predicted molar refractivity (Wildman–Crippen MR) is 109 cm³/mol. The highest BCUT2D eigenvalue weighted by Crippen LogP contribution is 2.29. The third-order valence-corrected chi connectivity index (χ3v) is 5.07. The van der Waals surface area contributed by atoms with E-state index in [1.165, 1.54) is 19.4 Å². The first-order chi connectivity index (χ1) is 12.4. The second-order valence-corrected chi connectivity index (χ2v) is 7.63. The molecule has 0 radical (unpaired) electrons. The maximum Gasteiger partial charge on any atom is 0.195 e. The van der Waals surface area contributed by atoms with Crippen LogP contribution in [0.1, 0.15) is 33.6 Å². The lowest BCUT2D eigenvalue weighted by atomic mass is 9.93. The summed E-state index contributed by atoms with van der Waals surface area (Å²) >= 11 is 0. The molecule has 146 valence electrons. The molecule has 2 N–H and O–H groups in total. The number of methoxy groups -OCH3 is 2. The Labute approximate surface area is 158 Å². The average molecular weight is 363 g/mol. The Kier molecular flexibility index (Phi) is 7.14. The van der Waals surface area contributed by atoms with Gasteiger partial charge in [0.05, 0.1) is 14.2 Å². The highest BCUT2D eigenvalue weighted by Gasteiger charge is 2.30. The van der Waals surface area contributed by atoms with Crippen LogP contribution in [0.4, 0.5) is 5.69 Å². The number of ether oxygens (including phenoxy) is 2. The summed E-state index contributed by atoms with van der Waals surface area (Å²) < 4.78 is 10.7. The van der Waals surface area contributed by atoms with E-state index in [1.54, 1.807) is 21.3 Å². The minimum atomic E-state index is 0.0733. The fourth-order valence-electron chi connectivity index (χ4n) is 3.38. The van der Waals surface area contributed by atoms with Crippen molar-refractivity contribution >= 4 is 11.6 Å². The third-order valence-electron chi connectivity index (χ3n) is 5.07. The smallest absolute Gasteiger partial charge is 0.195 e. The van der Waals surface area contributed by atoms with Gasteiger partial charge in [-0.2, -0.15) is 0 Å². The summed E-state index contributed by atoms with van der Waals surface area (Å²) in [6.45, 7) is 10.1. The molecule has 1 aromatic carbocycles. The first-order valence-electron chi connectivity index (χ1n) is 9.34. The summed E-state index contributed by atoms with van der Waals surface area (Å²) in [6, 6.07) is 5.74. The van der Waals surface area contributed by atoms with Gasteiger partial charge in [-0.15, -0.1) is 0 Å². The summed E-state index contributed by atoms with van der Waals surface area (Å²) in [7, 11) is 5.05. The van der Waals surface area contributed by atoms with E-state index in [-0.39, 0.29) is 5.54 Å². The van der Waals surface area contributed by atoms with Crippen molar-refractivity contribution in [1.82, 2.24) is 10.2 Å². The average Bonchev–Trinajstić information content (AvgIpc) is 2.64. The number of nitrogens with zero attached hydrogens (tertiary/aromatic N) is 2.